The molecule has 2 aromatic rings. The summed E-state index contributed by atoms with van der Waals surface area (Å²) in [5.41, 5.74) is 0.635. The summed E-state index contributed by atoms with van der Waals surface area (Å²) < 4.78 is 24.6. The summed E-state index contributed by atoms with van der Waals surface area (Å²) in [4.78, 5) is 12.3. The Labute approximate surface area is 142 Å². The molecule has 6 heteroatoms. The molecule has 4 nitrogen and oxygen atoms in total. The van der Waals surface area contributed by atoms with Crippen LogP contribution in [0.15, 0.2) is 53.1 Å². The molecule has 1 N–H and O–H groups in total. The second kappa shape index (κ2) is 7.78. The van der Waals surface area contributed by atoms with Crippen molar-refractivity contribution in [3.63, 3.8) is 0 Å². The van der Waals surface area contributed by atoms with Gasteiger partial charge in [-0.25, -0.2) is 4.39 Å². The average Bonchev–Trinajstić information content (AvgIpc) is 2.56. The zero-order valence-corrected chi connectivity index (χ0v) is 14.2. The minimum absolute atomic E-state index is 0.273. The SMILES string of the molecule is COc1ccc(OC)c(C(=O)C=CNc2ccc(Br)cc2F)c1. The number of anilines is 1. The largest absolute Gasteiger partial charge is 0.497 e. The molecular weight excluding hydrogens is 365 g/mol. The third kappa shape index (κ3) is 4.32. The third-order valence-electron chi connectivity index (χ3n) is 3.08. The fourth-order valence-electron chi connectivity index (χ4n) is 1.91. The lowest BCUT2D eigenvalue weighted by Crippen LogP contribution is -2.01. The number of ether oxygens (including phenoxy) is 2. The van der Waals surface area contributed by atoms with Gasteiger partial charge in [-0.1, -0.05) is 15.9 Å². The van der Waals surface area contributed by atoms with E-state index in [2.05, 4.69) is 21.2 Å². The zero-order chi connectivity index (χ0) is 16.8. The quantitative estimate of drug-likeness (QED) is 0.596. The van der Waals surface area contributed by atoms with E-state index in [1.54, 1.807) is 30.3 Å². The predicted octanol–water partition coefficient (Wildman–Crippen LogP) is 4.41. The number of allylic oxidation sites excluding steroid dienone is 1. The van der Waals surface area contributed by atoms with Crippen molar-refractivity contribution in [2.45, 2.75) is 0 Å². The number of carbonyl (C=O) groups is 1. The summed E-state index contributed by atoms with van der Waals surface area (Å²) in [6.45, 7) is 0. The smallest absolute Gasteiger partial charge is 0.191 e. The molecule has 2 aromatic carbocycles. The van der Waals surface area contributed by atoms with Gasteiger partial charge in [0.15, 0.2) is 5.78 Å². The molecule has 0 bridgehead atoms. The molecule has 0 radical (unpaired) electrons. The van der Waals surface area contributed by atoms with Crippen LogP contribution in [-0.4, -0.2) is 20.0 Å². The molecule has 0 atom stereocenters. The predicted molar refractivity (Wildman–Crippen MR) is 90.7 cm³/mol. The van der Waals surface area contributed by atoms with Crippen LogP contribution < -0.4 is 14.8 Å². The molecule has 0 aliphatic rings. The molecule has 0 aromatic heterocycles. The molecule has 0 aliphatic carbocycles. The van der Waals surface area contributed by atoms with E-state index in [4.69, 9.17) is 9.47 Å². The van der Waals surface area contributed by atoms with Gasteiger partial charge in [-0.2, -0.15) is 0 Å². The second-order valence-corrected chi connectivity index (χ2v) is 5.45. The molecule has 0 spiro atoms. The van der Waals surface area contributed by atoms with Gasteiger partial charge >= 0.3 is 0 Å². The lowest BCUT2D eigenvalue weighted by molar-refractivity contribution is 0.104. The Hall–Kier alpha value is -2.34. The van der Waals surface area contributed by atoms with Gasteiger partial charge in [-0.15, -0.1) is 0 Å². The Morgan fingerprint density at radius 3 is 2.61 bits per heavy atom. The van der Waals surface area contributed by atoms with Gasteiger partial charge in [-0.3, -0.25) is 4.79 Å². The maximum atomic E-state index is 13.7. The monoisotopic (exact) mass is 379 g/mol. The van der Waals surface area contributed by atoms with Crippen LogP contribution in [0.25, 0.3) is 0 Å². The maximum Gasteiger partial charge on any atom is 0.191 e. The van der Waals surface area contributed by atoms with Gasteiger partial charge in [0.2, 0.25) is 0 Å². The fraction of sp³-hybridized carbons (Fsp3) is 0.118. The Bertz CT molecular complexity index is 747. The van der Waals surface area contributed by atoms with Gasteiger partial charge in [0.25, 0.3) is 0 Å². The number of ketones is 1. The fourth-order valence-corrected chi connectivity index (χ4v) is 2.24. The number of benzene rings is 2. The van der Waals surface area contributed by atoms with E-state index in [0.717, 1.165) is 0 Å². The molecule has 0 unspecified atom stereocenters. The minimum Gasteiger partial charge on any atom is -0.497 e. The van der Waals surface area contributed by atoms with E-state index < -0.39 is 5.82 Å². The number of carbonyl (C=O) groups excluding carboxylic acids is 1. The molecule has 0 fully saturated rings. The van der Waals surface area contributed by atoms with E-state index in [1.165, 1.54) is 32.6 Å². The van der Waals surface area contributed by atoms with Gasteiger partial charge < -0.3 is 14.8 Å². The first kappa shape index (κ1) is 17.0. The molecule has 120 valence electrons. The third-order valence-corrected chi connectivity index (χ3v) is 3.57. The first-order chi connectivity index (χ1) is 11.0. The second-order valence-electron chi connectivity index (χ2n) is 4.53. The van der Waals surface area contributed by atoms with Crippen LogP contribution in [0.5, 0.6) is 11.5 Å². The summed E-state index contributed by atoms with van der Waals surface area (Å²) in [5, 5.41) is 2.74. The number of nitrogens with one attached hydrogen (secondary N) is 1. The summed E-state index contributed by atoms with van der Waals surface area (Å²) >= 11 is 3.18. The normalized spacial score (nSPS) is 10.6. The van der Waals surface area contributed by atoms with E-state index in [9.17, 15) is 9.18 Å². The van der Waals surface area contributed by atoms with Crippen LogP contribution in [0.4, 0.5) is 10.1 Å². The van der Waals surface area contributed by atoms with Crippen LogP contribution in [0.2, 0.25) is 0 Å². The van der Waals surface area contributed by atoms with Crippen molar-refractivity contribution in [3.8, 4) is 11.5 Å². The summed E-state index contributed by atoms with van der Waals surface area (Å²) in [5.74, 6) is 0.283. The van der Waals surface area contributed by atoms with Crippen molar-refractivity contribution < 1.29 is 18.7 Å². The molecule has 2 rings (SSSR count). The van der Waals surface area contributed by atoms with Gasteiger partial charge in [0.05, 0.1) is 25.5 Å². The first-order valence-corrected chi connectivity index (χ1v) is 7.49. The van der Waals surface area contributed by atoms with Crippen molar-refractivity contribution in [3.05, 3.63) is 64.5 Å². The van der Waals surface area contributed by atoms with E-state index >= 15 is 0 Å². The molecule has 0 aliphatic heterocycles. The van der Waals surface area contributed by atoms with Gasteiger partial charge in [0.1, 0.15) is 17.3 Å². The highest BCUT2D eigenvalue weighted by molar-refractivity contribution is 9.10. The summed E-state index contributed by atoms with van der Waals surface area (Å²) in [6, 6.07) is 9.55. The molecule has 23 heavy (non-hydrogen) atoms. The number of halogens is 2. The van der Waals surface area contributed by atoms with Crippen molar-refractivity contribution in [2.75, 3.05) is 19.5 Å². The molecular formula is C17H15BrFNO3. The number of methoxy groups -OCH3 is 2. The lowest BCUT2D eigenvalue weighted by Gasteiger charge is -2.08. The summed E-state index contributed by atoms with van der Waals surface area (Å²) in [7, 11) is 3.00. The Morgan fingerprint density at radius 1 is 1.17 bits per heavy atom. The minimum atomic E-state index is -0.421. The average molecular weight is 380 g/mol. The number of rotatable bonds is 6. The van der Waals surface area contributed by atoms with Crippen LogP contribution in [0, 0.1) is 5.82 Å². The Kier molecular flexibility index (Phi) is 5.76. The van der Waals surface area contributed by atoms with E-state index in [-0.39, 0.29) is 11.5 Å². The number of hydrogen-bond acceptors (Lipinski definition) is 4. The molecule has 0 saturated heterocycles. The standard InChI is InChI=1S/C17H15BrFNO3/c1-22-12-4-6-17(23-2)13(10-12)16(21)7-8-20-15-5-3-11(18)9-14(15)19/h3-10,20H,1-2H3. The molecule has 0 saturated carbocycles. The Morgan fingerprint density at radius 2 is 1.96 bits per heavy atom. The van der Waals surface area contributed by atoms with Crippen LogP contribution >= 0.6 is 15.9 Å². The topological polar surface area (TPSA) is 47.6 Å². The van der Waals surface area contributed by atoms with Crippen LogP contribution in [0.1, 0.15) is 10.4 Å². The lowest BCUT2D eigenvalue weighted by atomic mass is 10.1. The van der Waals surface area contributed by atoms with E-state index in [1.807, 2.05) is 0 Å². The van der Waals surface area contributed by atoms with Crippen molar-refractivity contribution in [2.24, 2.45) is 0 Å². The van der Waals surface area contributed by atoms with Gasteiger partial charge in [-0.05, 0) is 36.4 Å². The zero-order valence-electron chi connectivity index (χ0n) is 12.6. The maximum absolute atomic E-state index is 13.7. The molecule has 0 heterocycles. The Balaban J connectivity index is 2.15. The van der Waals surface area contributed by atoms with Crippen molar-refractivity contribution in [1.82, 2.24) is 0 Å². The highest BCUT2D eigenvalue weighted by atomic mass is 79.9. The first-order valence-electron chi connectivity index (χ1n) is 6.69. The van der Waals surface area contributed by atoms with Crippen LogP contribution in [-0.2, 0) is 0 Å². The van der Waals surface area contributed by atoms with Crippen molar-refractivity contribution >= 4 is 27.4 Å². The highest BCUT2D eigenvalue weighted by Crippen LogP contribution is 2.25. The number of hydrogen-bond donors (Lipinski definition) is 1. The summed E-state index contributed by atoms with van der Waals surface area (Å²) in [6.07, 6.45) is 2.69. The highest BCUT2D eigenvalue weighted by Gasteiger charge is 2.11. The van der Waals surface area contributed by atoms with Crippen molar-refractivity contribution in [1.29, 1.82) is 0 Å². The molecule has 0 amide bonds. The van der Waals surface area contributed by atoms with Gasteiger partial charge in [0, 0.05) is 16.7 Å². The van der Waals surface area contributed by atoms with Crippen LogP contribution in [0.3, 0.4) is 0 Å². The van der Waals surface area contributed by atoms with E-state index in [0.29, 0.717) is 21.5 Å².